The molecule has 6 nitrogen and oxygen atoms in total. The van der Waals surface area contributed by atoms with E-state index in [9.17, 15) is 0 Å². The van der Waals surface area contributed by atoms with Crippen LogP contribution in [0.3, 0.4) is 0 Å². The maximum Gasteiger partial charge on any atom is 0.153 e. The third-order valence-electron chi connectivity index (χ3n) is 4.78. The number of ether oxygens (including phenoxy) is 2. The molecule has 4 atom stereocenters. The number of hydrogen-bond donors (Lipinski definition) is 0. The summed E-state index contributed by atoms with van der Waals surface area (Å²) in [5.41, 5.74) is 1.14. The highest BCUT2D eigenvalue weighted by atomic mass is 16.5. The first-order valence-corrected chi connectivity index (χ1v) is 8.31. The second kappa shape index (κ2) is 5.66. The molecule has 1 aromatic heterocycles. The molecule has 0 aliphatic carbocycles. The molecule has 2 unspecified atom stereocenters. The molecule has 0 amide bonds. The van der Waals surface area contributed by atoms with Gasteiger partial charge in [-0.2, -0.15) is 5.10 Å². The number of fused-ring (bicyclic) bond motifs is 2. The van der Waals surface area contributed by atoms with E-state index in [1.165, 1.54) is 12.8 Å². The van der Waals surface area contributed by atoms with E-state index in [2.05, 4.69) is 39.9 Å². The smallest absolute Gasteiger partial charge is 0.153 e. The van der Waals surface area contributed by atoms with Gasteiger partial charge >= 0.3 is 0 Å². The summed E-state index contributed by atoms with van der Waals surface area (Å²) in [7, 11) is 0. The molecule has 0 saturated carbocycles. The molecule has 0 N–H and O–H groups in total. The summed E-state index contributed by atoms with van der Waals surface area (Å²) >= 11 is 0. The van der Waals surface area contributed by atoms with Gasteiger partial charge in [0.05, 0.1) is 36.3 Å². The van der Waals surface area contributed by atoms with Crippen LogP contribution in [0.2, 0.25) is 0 Å². The second-order valence-electron chi connectivity index (χ2n) is 6.80. The Morgan fingerprint density at radius 3 is 2.32 bits per heavy atom. The van der Waals surface area contributed by atoms with Gasteiger partial charge in [-0.25, -0.2) is 0 Å². The Balaban J connectivity index is 1.53. The zero-order valence-electron chi connectivity index (χ0n) is 13.3. The molecule has 3 aliphatic heterocycles. The van der Waals surface area contributed by atoms with E-state index in [0.717, 1.165) is 37.7 Å². The Morgan fingerprint density at radius 2 is 1.64 bits per heavy atom. The highest BCUT2D eigenvalue weighted by Crippen LogP contribution is 2.30. The van der Waals surface area contributed by atoms with Crippen LogP contribution in [0.15, 0.2) is 12.3 Å². The fraction of sp³-hybridized carbons (Fsp3) is 0.750. The summed E-state index contributed by atoms with van der Waals surface area (Å²) in [5, 5.41) is 8.60. The van der Waals surface area contributed by atoms with Gasteiger partial charge in [-0.05, 0) is 26.7 Å². The van der Waals surface area contributed by atoms with Gasteiger partial charge < -0.3 is 19.3 Å². The van der Waals surface area contributed by atoms with Gasteiger partial charge in [0, 0.05) is 32.2 Å². The van der Waals surface area contributed by atoms with Crippen molar-refractivity contribution in [3.8, 4) is 0 Å². The molecule has 0 radical (unpaired) electrons. The molecule has 0 aromatic carbocycles. The minimum Gasteiger partial charge on any atom is -0.372 e. The lowest BCUT2D eigenvalue weighted by atomic mass is 10.2. The molecule has 2 bridgehead atoms. The minimum absolute atomic E-state index is 0.250. The first kappa shape index (κ1) is 14.2. The third-order valence-corrected chi connectivity index (χ3v) is 4.78. The van der Waals surface area contributed by atoms with E-state index in [0.29, 0.717) is 12.2 Å². The van der Waals surface area contributed by atoms with Gasteiger partial charge in [-0.1, -0.05) is 0 Å². The molecule has 3 fully saturated rings. The van der Waals surface area contributed by atoms with Gasteiger partial charge in [0.1, 0.15) is 0 Å². The summed E-state index contributed by atoms with van der Waals surface area (Å²) in [6, 6.07) is 2.17. The molecule has 3 aliphatic rings. The van der Waals surface area contributed by atoms with Gasteiger partial charge in [-0.3, -0.25) is 0 Å². The van der Waals surface area contributed by atoms with Crippen LogP contribution >= 0.6 is 0 Å². The average molecular weight is 304 g/mol. The number of hydrogen-bond acceptors (Lipinski definition) is 6. The van der Waals surface area contributed by atoms with Crippen LogP contribution in [0.5, 0.6) is 0 Å². The Kier molecular flexibility index (Phi) is 3.66. The lowest BCUT2D eigenvalue weighted by Gasteiger charge is -2.37. The van der Waals surface area contributed by atoms with Crippen molar-refractivity contribution in [2.45, 2.75) is 51.1 Å². The molecule has 120 valence electrons. The summed E-state index contributed by atoms with van der Waals surface area (Å²) in [5.74, 6) is 0.976. The van der Waals surface area contributed by atoms with Crippen LogP contribution in [-0.2, 0) is 9.47 Å². The predicted octanol–water partition coefficient (Wildman–Crippen LogP) is 1.46. The molecule has 6 heteroatoms. The van der Waals surface area contributed by atoms with Crippen molar-refractivity contribution in [2.24, 2.45) is 0 Å². The fourth-order valence-corrected chi connectivity index (χ4v) is 3.86. The Bertz CT molecular complexity index is 501. The summed E-state index contributed by atoms with van der Waals surface area (Å²) < 4.78 is 11.7. The molecular formula is C16H24N4O2. The van der Waals surface area contributed by atoms with E-state index in [1.54, 1.807) is 0 Å². The van der Waals surface area contributed by atoms with Gasteiger partial charge in [-0.15, -0.1) is 5.10 Å². The van der Waals surface area contributed by atoms with Gasteiger partial charge in [0.15, 0.2) is 5.82 Å². The van der Waals surface area contributed by atoms with Crippen molar-refractivity contribution < 1.29 is 9.47 Å². The first-order chi connectivity index (χ1) is 10.7. The van der Waals surface area contributed by atoms with Crippen molar-refractivity contribution in [1.29, 1.82) is 0 Å². The van der Waals surface area contributed by atoms with Crippen LogP contribution in [0.1, 0.15) is 26.7 Å². The van der Waals surface area contributed by atoms with E-state index in [1.807, 2.05) is 6.20 Å². The lowest BCUT2D eigenvalue weighted by molar-refractivity contribution is -0.00524. The lowest BCUT2D eigenvalue weighted by Crippen LogP contribution is -2.46. The number of nitrogens with zero attached hydrogens (tertiary/aromatic N) is 4. The maximum absolute atomic E-state index is 5.91. The number of morpholine rings is 2. The standard InChI is InChI=1S/C16H24N4O2/c1-11-7-19(8-12(2)21-11)13-5-16(18-17-6-13)20-9-14-3-4-15(10-20)22-14/h5-6,11-12,14-15H,3-4,7-10H2,1-2H3/t11-,12+,14?,15?. The maximum atomic E-state index is 5.91. The van der Waals surface area contributed by atoms with Crippen LogP contribution in [0.4, 0.5) is 11.5 Å². The molecule has 4 heterocycles. The highest BCUT2D eigenvalue weighted by molar-refractivity contribution is 5.54. The van der Waals surface area contributed by atoms with E-state index in [4.69, 9.17) is 9.47 Å². The Labute approximate surface area is 131 Å². The second-order valence-corrected chi connectivity index (χ2v) is 6.80. The van der Waals surface area contributed by atoms with Crippen LogP contribution in [0, 0.1) is 0 Å². The van der Waals surface area contributed by atoms with Gasteiger partial charge in [0.2, 0.25) is 0 Å². The fourth-order valence-electron chi connectivity index (χ4n) is 3.86. The van der Waals surface area contributed by atoms with Crippen LogP contribution in [0.25, 0.3) is 0 Å². The van der Waals surface area contributed by atoms with Crippen LogP contribution < -0.4 is 9.80 Å². The number of anilines is 2. The van der Waals surface area contributed by atoms with Gasteiger partial charge in [0.25, 0.3) is 0 Å². The largest absolute Gasteiger partial charge is 0.372 e. The Morgan fingerprint density at radius 1 is 0.955 bits per heavy atom. The van der Waals surface area contributed by atoms with Crippen molar-refractivity contribution in [3.63, 3.8) is 0 Å². The normalized spacial score (nSPS) is 35.0. The first-order valence-electron chi connectivity index (χ1n) is 8.31. The van der Waals surface area contributed by atoms with E-state index < -0.39 is 0 Å². The zero-order valence-corrected chi connectivity index (χ0v) is 13.3. The van der Waals surface area contributed by atoms with Crippen molar-refractivity contribution >= 4 is 11.5 Å². The summed E-state index contributed by atoms with van der Waals surface area (Å²) in [6.07, 6.45) is 5.45. The topological polar surface area (TPSA) is 50.7 Å². The molecule has 0 spiro atoms. The molecule has 1 aromatic rings. The SMILES string of the molecule is C[C@@H]1CN(c2cnnc(N3CC4CCC(C3)O4)c2)C[C@H](C)O1. The Hall–Kier alpha value is -1.40. The molecular weight excluding hydrogens is 280 g/mol. The predicted molar refractivity (Wildman–Crippen MR) is 84.4 cm³/mol. The van der Waals surface area contributed by atoms with Crippen LogP contribution in [-0.4, -0.2) is 60.8 Å². The number of aromatic nitrogens is 2. The minimum atomic E-state index is 0.250. The van der Waals surface area contributed by atoms with Crippen molar-refractivity contribution in [3.05, 3.63) is 12.3 Å². The van der Waals surface area contributed by atoms with E-state index in [-0.39, 0.29) is 12.2 Å². The number of rotatable bonds is 2. The molecule has 4 rings (SSSR count). The molecule has 22 heavy (non-hydrogen) atoms. The molecule has 3 saturated heterocycles. The average Bonchev–Trinajstić information content (AvgIpc) is 2.85. The van der Waals surface area contributed by atoms with Crippen molar-refractivity contribution in [2.75, 3.05) is 36.0 Å². The van der Waals surface area contributed by atoms with E-state index >= 15 is 0 Å². The quantitative estimate of drug-likeness (QED) is 0.824. The summed E-state index contributed by atoms with van der Waals surface area (Å²) in [4.78, 5) is 4.68. The zero-order chi connectivity index (χ0) is 15.1. The third kappa shape index (κ3) is 2.77. The van der Waals surface area contributed by atoms with Crippen molar-refractivity contribution in [1.82, 2.24) is 10.2 Å². The monoisotopic (exact) mass is 304 g/mol. The highest BCUT2D eigenvalue weighted by Gasteiger charge is 2.34. The summed E-state index contributed by atoms with van der Waals surface area (Å²) in [6.45, 7) is 7.93.